The quantitative estimate of drug-likeness (QED) is 0.742. The van der Waals surface area contributed by atoms with Gasteiger partial charge in [-0.15, -0.1) is 0 Å². The Kier molecular flexibility index (Phi) is 2.44. The van der Waals surface area contributed by atoms with E-state index in [9.17, 15) is 4.79 Å². The zero-order valence-electron chi connectivity index (χ0n) is 8.42. The summed E-state index contributed by atoms with van der Waals surface area (Å²) in [6.45, 7) is 2.14. The zero-order valence-corrected chi connectivity index (χ0v) is 9.17. The molecule has 0 fully saturated rings. The Balaban J connectivity index is 2.46. The highest BCUT2D eigenvalue weighted by Gasteiger charge is 2.35. The van der Waals surface area contributed by atoms with Crippen LogP contribution in [0.3, 0.4) is 0 Å². The van der Waals surface area contributed by atoms with Crippen LogP contribution in [0.15, 0.2) is 18.2 Å². The normalized spacial score (nSPS) is 24.6. The van der Waals surface area contributed by atoms with Gasteiger partial charge in [-0.25, -0.2) is 4.79 Å². The fraction of sp³-hybridized carbons (Fsp3) is 0.364. The molecule has 0 aromatic heterocycles. The predicted octanol–water partition coefficient (Wildman–Crippen LogP) is 1.77. The highest BCUT2D eigenvalue weighted by molar-refractivity contribution is 6.30. The SMILES string of the molecule is CC1(CN)Cc2cc(Cl)ccc2C(=O)O1. The first-order chi connectivity index (χ1) is 7.04. The highest BCUT2D eigenvalue weighted by atomic mass is 35.5. The van der Waals surface area contributed by atoms with Crippen molar-refractivity contribution in [2.45, 2.75) is 18.9 Å². The van der Waals surface area contributed by atoms with E-state index in [4.69, 9.17) is 22.1 Å². The molecule has 1 aromatic carbocycles. The molecular weight excluding hydrogens is 214 g/mol. The third-order valence-electron chi connectivity index (χ3n) is 2.62. The summed E-state index contributed by atoms with van der Waals surface area (Å²) in [6, 6.07) is 5.17. The second-order valence-corrected chi connectivity index (χ2v) is 4.46. The van der Waals surface area contributed by atoms with Crippen LogP contribution in [0.5, 0.6) is 0 Å². The van der Waals surface area contributed by atoms with Crippen LogP contribution >= 0.6 is 11.6 Å². The van der Waals surface area contributed by atoms with E-state index in [2.05, 4.69) is 0 Å². The maximum absolute atomic E-state index is 11.7. The summed E-state index contributed by atoms with van der Waals surface area (Å²) in [5.74, 6) is -0.319. The average Bonchev–Trinajstić information content (AvgIpc) is 2.16. The Bertz CT molecular complexity index is 419. The number of cyclic esters (lactones) is 1. The third-order valence-corrected chi connectivity index (χ3v) is 2.86. The first-order valence-electron chi connectivity index (χ1n) is 4.76. The number of nitrogens with two attached hydrogens (primary N) is 1. The van der Waals surface area contributed by atoms with Gasteiger partial charge >= 0.3 is 5.97 Å². The number of esters is 1. The topological polar surface area (TPSA) is 52.3 Å². The van der Waals surface area contributed by atoms with Crippen LogP contribution in [0.4, 0.5) is 0 Å². The van der Waals surface area contributed by atoms with Gasteiger partial charge in [-0.1, -0.05) is 11.6 Å². The summed E-state index contributed by atoms with van der Waals surface area (Å²) < 4.78 is 5.28. The molecule has 80 valence electrons. The second kappa shape index (κ2) is 3.51. The standard InChI is InChI=1S/C11H12ClNO2/c1-11(6-13)5-7-4-8(12)2-3-9(7)10(14)15-11/h2-4H,5-6,13H2,1H3. The largest absolute Gasteiger partial charge is 0.454 e. The molecule has 0 amide bonds. The van der Waals surface area contributed by atoms with E-state index >= 15 is 0 Å². The number of carbonyl (C=O) groups excluding carboxylic acids is 1. The fourth-order valence-electron chi connectivity index (χ4n) is 1.74. The molecule has 1 aliphatic heterocycles. The molecule has 0 spiro atoms. The lowest BCUT2D eigenvalue weighted by molar-refractivity contribution is -0.0110. The van der Waals surface area contributed by atoms with E-state index in [-0.39, 0.29) is 5.97 Å². The van der Waals surface area contributed by atoms with Gasteiger partial charge in [0.05, 0.1) is 5.56 Å². The van der Waals surface area contributed by atoms with Crippen LogP contribution in [0.25, 0.3) is 0 Å². The lowest BCUT2D eigenvalue weighted by Crippen LogP contribution is -2.45. The maximum Gasteiger partial charge on any atom is 0.339 e. The van der Waals surface area contributed by atoms with Crippen molar-refractivity contribution in [2.24, 2.45) is 5.73 Å². The fourth-order valence-corrected chi connectivity index (χ4v) is 1.93. The summed E-state index contributed by atoms with van der Waals surface area (Å²) in [7, 11) is 0. The summed E-state index contributed by atoms with van der Waals surface area (Å²) in [5, 5.41) is 0.628. The lowest BCUT2D eigenvalue weighted by Gasteiger charge is -2.33. The predicted molar refractivity (Wildman–Crippen MR) is 58.0 cm³/mol. The number of hydrogen-bond donors (Lipinski definition) is 1. The molecule has 3 nitrogen and oxygen atoms in total. The molecule has 0 aliphatic carbocycles. The minimum Gasteiger partial charge on any atom is -0.454 e. The van der Waals surface area contributed by atoms with Crippen molar-refractivity contribution >= 4 is 17.6 Å². The molecule has 15 heavy (non-hydrogen) atoms. The summed E-state index contributed by atoms with van der Waals surface area (Å²) >= 11 is 5.88. The number of benzene rings is 1. The van der Waals surface area contributed by atoms with Gasteiger partial charge < -0.3 is 10.5 Å². The van der Waals surface area contributed by atoms with Gasteiger partial charge in [0.15, 0.2) is 0 Å². The molecule has 2 rings (SSSR count). The Morgan fingerprint density at radius 1 is 1.60 bits per heavy atom. The van der Waals surface area contributed by atoms with Crippen LogP contribution < -0.4 is 5.73 Å². The minimum atomic E-state index is -0.602. The molecule has 4 heteroatoms. The van der Waals surface area contributed by atoms with Gasteiger partial charge in [0.2, 0.25) is 0 Å². The van der Waals surface area contributed by atoms with Gasteiger partial charge in [0, 0.05) is 18.0 Å². The van der Waals surface area contributed by atoms with E-state index in [0.29, 0.717) is 23.6 Å². The van der Waals surface area contributed by atoms with Crippen molar-refractivity contribution in [2.75, 3.05) is 6.54 Å². The Labute approximate surface area is 93.2 Å². The third kappa shape index (κ3) is 1.85. The molecule has 1 aliphatic rings. The van der Waals surface area contributed by atoms with Crippen molar-refractivity contribution in [1.82, 2.24) is 0 Å². The Morgan fingerprint density at radius 3 is 3.00 bits per heavy atom. The maximum atomic E-state index is 11.7. The Morgan fingerprint density at radius 2 is 2.33 bits per heavy atom. The number of ether oxygens (including phenoxy) is 1. The molecule has 0 saturated carbocycles. The van der Waals surface area contributed by atoms with E-state index < -0.39 is 5.60 Å². The molecule has 1 atom stereocenters. The van der Waals surface area contributed by atoms with E-state index in [1.54, 1.807) is 18.2 Å². The Hall–Kier alpha value is -1.06. The summed E-state index contributed by atoms with van der Waals surface area (Å²) in [5.41, 5.74) is 6.48. The molecule has 0 radical (unpaired) electrons. The molecule has 1 heterocycles. The molecule has 0 saturated heterocycles. The van der Waals surface area contributed by atoms with Gasteiger partial charge in [0.1, 0.15) is 5.60 Å². The lowest BCUT2D eigenvalue weighted by atomic mass is 9.90. The first-order valence-corrected chi connectivity index (χ1v) is 5.14. The van der Waals surface area contributed by atoms with E-state index in [1.807, 2.05) is 6.92 Å². The van der Waals surface area contributed by atoms with E-state index in [0.717, 1.165) is 5.56 Å². The molecule has 0 bridgehead atoms. The summed E-state index contributed by atoms with van der Waals surface area (Å²) in [4.78, 5) is 11.7. The van der Waals surface area contributed by atoms with Crippen LogP contribution in [-0.2, 0) is 11.2 Å². The van der Waals surface area contributed by atoms with Crippen molar-refractivity contribution in [3.05, 3.63) is 34.3 Å². The number of rotatable bonds is 1. The number of fused-ring (bicyclic) bond motifs is 1. The smallest absolute Gasteiger partial charge is 0.339 e. The van der Waals surface area contributed by atoms with Crippen molar-refractivity contribution in [3.63, 3.8) is 0 Å². The van der Waals surface area contributed by atoms with Crippen LogP contribution in [0.2, 0.25) is 5.02 Å². The second-order valence-electron chi connectivity index (χ2n) is 4.02. The van der Waals surface area contributed by atoms with Crippen LogP contribution in [-0.4, -0.2) is 18.1 Å². The van der Waals surface area contributed by atoms with Crippen molar-refractivity contribution in [1.29, 1.82) is 0 Å². The molecule has 1 unspecified atom stereocenters. The van der Waals surface area contributed by atoms with Crippen molar-refractivity contribution < 1.29 is 9.53 Å². The summed E-state index contributed by atoms with van der Waals surface area (Å²) in [6.07, 6.45) is 0.616. The number of hydrogen-bond acceptors (Lipinski definition) is 3. The van der Waals surface area contributed by atoms with Crippen LogP contribution in [0.1, 0.15) is 22.8 Å². The highest BCUT2D eigenvalue weighted by Crippen LogP contribution is 2.29. The number of halogens is 1. The molecule has 2 N–H and O–H groups in total. The number of carbonyl (C=O) groups is 1. The minimum absolute atomic E-state index is 0.310. The first kappa shape index (κ1) is 10.5. The molecule has 1 aromatic rings. The van der Waals surface area contributed by atoms with Crippen molar-refractivity contribution in [3.8, 4) is 0 Å². The van der Waals surface area contributed by atoms with Crippen LogP contribution in [0, 0.1) is 0 Å². The van der Waals surface area contributed by atoms with Gasteiger partial charge in [-0.05, 0) is 30.7 Å². The molecular formula is C11H12ClNO2. The van der Waals surface area contributed by atoms with Gasteiger partial charge in [-0.3, -0.25) is 0 Å². The monoisotopic (exact) mass is 225 g/mol. The van der Waals surface area contributed by atoms with Gasteiger partial charge in [0.25, 0.3) is 0 Å². The zero-order chi connectivity index (χ0) is 11.1. The van der Waals surface area contributed by atoms with E-state index in [1.165, 1.54) is 0 Å². The van der Waals surface area contributed by atoms with Gasteiger partial charge in [-0.2, -0.15) is 0 Å². The average molecular weight is 226 g/mol.